The second-order valence-corrected chi connectivity index (χ2v) is 9.26. The summed E-state index contributed by atoms with van der Waals surface area (Å²) in [6.45, 7) is 9.39. The number of aromatic amines is 1. The Morgan fingerprint density at radius 2 is 1.97 bits per heavy atom. The lowest BCUT2D eigenvalue weighted by Crippen LogP contribution is -2.42. The number of H-pyrrole nitrogens is 1. The van der Waals surface area contributed by atoms with Crippen LogP contribution in [0.3, 0.4) is 0 Å². The molecule has 31 heavy (non-hydrogen) atoms. The van der Waals surface area contributed by atoms with E-state index in [0.717, 1.165) is 43.6 Å². The summed E-state index contributed by atoms with van der Waals surface area (Å²) in [7, 11) is 0. The predicted octanol–water partition coefficient (Wildman–Crippen LogP) is 2.66. The van der Waals surface area contributed by atoms with Gasteiger partial charge < -0.3 is 9.80 Å². The molecule has 0 radical (unpaired) electrons. The van der Waals surface area contributed by atoms with Crippen LogP contribution in [0.2, 0.25) is 0 Å². The Hall–Kier alpha value is -2.64. The van der Waals surface area contributed by atoms with Gasteiger partial charge >= 0.3 is 0 Å². The minimum absolute atomic E-state index is 0.0115. The molecule has 0 spiro atoms. The Kier molecular flexibility index (Phi) is 5.90. The van der Waals surface area contributed by atoms with Crippen molar-refractivity contribution >= 4 is 17.5 Å². The van der Waals surface area contributed by atoms with E-state index in [2.05, 4.69) is 5.10 Å². The topological polar surface area (TPSA) is 90.8 Å². The molecular weight excluding hydrogens is 394 g/mol. The standard InChI is InChI=1S/C23H33N5O3/c1-5-15(4)22(30)27-10-7-6-8-19(27)18-12-20-24-17-9-11-26(21(29)14(2)3)13-16(17)23(31)28(20)25-18/h12,14-15,19,25H,5-11,13H2,1-4H3. The first kappa shape index (κ1) is 21.6. The fourth-order valence-electron chi connectivity index (χ4n) is 4.70. The first-order chi connectivity index (χ1) is 14.8. The van der Waals surface area contributed by atoms with Gasteiger partial charge in [-0.05, 0) is 25.7 Å². The van der Waals surface area contributed by atoms with Crippen LogP contribution >= 0.6 is 0 Å². The van der Waals surface area contributed by atoms with Gasteiger partial charge in [-0.3, -0.25) is 19.5 Å². The number of carbonyl (C=O) groups is 2. The van der Waals surface area contributed by atoms with E-state index in [1.54, 1.807) is 4.90 Å². The van der Waals surface area contributed by atoms with Crippen molar-refractivity contribution < 1.29 is 9.59 Å². The number of nitrogens with zero attached hydrogens (tertiary/aromatic N) is 4. The first-order valence-corrected chi connectivity index (χ1v) is 11.5. The molecule has 0 saturated carbocycles. The second-order valence-electron chi connectivity index (χ2n) is 9.26. The number of amides is 2. The quantitative estimate of drug-likeness (QED) is 0.812. The van der Waals surface area contributed by atoms with Crippen LogP contribution < -0.4 is 5.56 Å². The van der Waals surface area contributed by atoms with Gasteiger partial charge in [0.15, 0.2) is 5.65 Å². The minimum Gasteiger partial charge on any atom is -0.337 e. The Bertz CT molecular complexity index is 1050. The van der Waals surface area contributed by atoms with Crippen LogP contribution in [0.15, 0.2) is 10.9 Å². The summed E-state index contributed by atoms with van der Waals surface area (Å²) in [4.78, 5) is 47.1. The lowest BCUT2D eigenvalue weighted by molar-refractivity contribution is -0.139. The highest BCUT2D eigenvalue weighted by atomic mass is 16.2. The Morgan fingerprint density at radius 1 is 1.19 bits per heavy atom. The van der Waals surface area contributed by atoms with Gasteiger partial charge in [-0.25, -0.2) is 9.50 Å². The lowest BCUT2D eigenvalue weighted by Gasteiger charge is -2.36. The number of rotatable bonds is 4. The van der Waals surface area contributed by atoms with E-state index in [1.165, 1.54) is 4.52 Å². The summed E-state index contributed by atoms with van der Waals surface area (Å²) >= 11 is 0. The van der Waals surface area contributed by atoms with Crippen molar-refractivity contribution in [3.8, 4) is 0 Å². The van der Waals surface area contributed by atoms with Gasteiger partial charge in [0.05, 0.1) is 29.5 Å². The first-order valence-electron chi connectivity index (χ1n) is 11.5. The van der Waals surface area contributed by atoms with Crippen molar-refractivity contribution in [2.24, 2.45) is 11.8 Å². The van der Waals surface area contributed by atoms with Crippen molar-refractivity contribution in [2.75, 3.05) is 13.1 Å². The molecule has 1 saturated heterocycles. The smallest absolute Gasteiger partial charge is 0.277 e. The van der Waals surface area contributed by atoms with Crippen molar-refractivity contribution in [3.05, 3.63) is 33.4 Å². The molecule has 168 valence electrons. The fourth-order valence-corrected chi connectivity index (χ4v) is 4.70. The van der Waals surface area contributed by atoms with Gasteiger partial charge in [0.25, 0.3) is 5.56 Å². The van der Waals surface area contributed by atoms with Gasteiger partial charge in [-0.1, -0.05) is 27.7 Å². The molecular formula is C23H33N5O3. The predicted molar refractivity (Wildman–Crippen MR) is 118 cm³/mol. The van der Waals surface area contributed by atoms with Crippen LogP contribution in [0.5, 0.6) is 0 Å². The summed E-state index contributed by atoms with van der Waals surface area (Å²) < 4.78 is 1.48. The van der Waals surface area contributed by atoms with Crippen LogP contribution in [0.1, 0.15) is 76.4 Å². The summed E-state index contributed by atoms with van der Waals surface area (Å²) in [6, 6.07) is 1.85. The molecule has 2 atom stereocenters. The van der Waals surface area contributed by atoms with E-state index in [1.807, 2.05) is 38.7 Å². The number of carbonyl (C=O) groups excluding carboxylic acids is 2. The second kappa shape index (κ2) is 8.48. The SMILES string of the molecule is CCC(C)C(=O)N1CCCCC1c1cc2nc3c(c(=O)n2[nH]1)CN(C(=O)C(C)C)CC3. The van der Waals surface area contributed by atoms with E-state index < -0.39 is 0 Å². The third-order valence-corrected chi connectivity index (χ3v) is 6.77. The molecule has 2 aromatic heterocycles. The monoisotopic (exact) mass is 427 g/mol. The molecule has 0 bridgehead atoms. The van der Waals surface area contributed by atoms with Gasteiger partial charge in [0, 0.05) is 37.4 Å². The van der Waals surface area contributed by atoms with E-state index in [4.69, 9.17) is 4.98 Å². The molecule has 8 heteroatoms. The number of aromatic nitrogens is 3. The van der Waals surface area contributed by atoms with Crippen molar-refractivity contribution in [1.82, 2.24) is 24.4 Å². The maximum Gasteiger partial charge on any atom is 0.277 e. The fraction of sp³-hybridized carbons (Fsp3) is 0.652. The van der Waals surface area contributed by atoms with Crippen molar-refractivity contribution in [2.45, 2.75) is 72.4 Å². The highest BCUT2D eigenvalue weighted by Gasteiger charge is 2.32. The van der Waals surface area contributed by atoms with Crippen LogP contribution in [-0.2, 0) is 22.6 Å². The zero-order valence-corrected chi connectivity index (χ0v) is 19.0. The van der Waals surface area contributed by atoms with Crippen molar-refractivity contribution in [3.63, 3.8) is 0 Å². The van der Waals surface area contributed by atoms with Gasteiger partial charge in [0.1, 0.15) is 0 Å². The maximum atomic E-state index is 13.3. The van der Waals surface area contributed by atoms with Gasteiger partial charge in [-0.15, -0.1) is 0 Å². The van der Waals surface area contributed by atoms with Crippen LogP contribution in [0, 0.1) is 11.8 Å². The summed E-state index contributed by atoms with van der Waals surface area (Å²) in [5.74, 6) is 0.123. The Morgan fingerprint density at radius 3 is 2.68 bits per heavy atom. The largest absolute Gasteiger partial charge is 0.337 e. The van der Waals surface area contributed by atoms with Crippen molar-refractivity contribution in [1.29, 1.82) is 0 Å². The number of hydrogen-bond acceptors (Lipinski definition) is 4. The molecule has 1 fully saturated rings. The summed E-state index contributed by atoms with van der Waals surface area (Å²) in [6.07, 6.45) is 4.33. The maximum absolute atomic E-state index is 13.3. The van der Waals surface area contributed by atoms with Crippen LogP contribution in [-0.4, -0.2) is 49.3 Å². The molecule has 2 aliphatic rings. The van der Waals surface area contributed by atoms with Crippen LogP contribution in [0.4, 0.5) is 0 Å². The number of fused-ring (bicyclic) bond motifs is 2. The molecule has 2 amide bonds. The van der Waals surface area contributed by atoms with Gasteiger partial charge in [0.2, 0.25) is 11.8 Å². The Balaban J connectivity index is 1.69. The third kappa shape index (κ3) is 3.88. The van der Waals surface area contributed by atoms with Crippen LogP contribution in [0.25, 0.3) is 5.65 Å². The van der Waals surface area contributed by atoms with E-state index in [-0.39, 0.29) is 35.3 Å². The van der Waals surface area contributed by atoms with E-state index in [9.17, 15) is 14.4 Å². The highest BCUT2D eigenvalue weighted by molar-refractivity contribution is 5.79. The number of nitrogens with one attached hydrogen (secondary N) is 1. The average molecular weight is 428 g/mol. The summed E-state index contributed by atoms with van der Waals surface area (Å²) in [5, 5.41) is 3.24. The van der Waals surface area contributed by atoms with Gasteiger partial charge in [-0.2, -0.15) is 0 Å². The zero-order chi connectivity index (χ0) is 22.3. The Labute approximate surface area is 182 Å². The minimum atomic E-state index is -0.150. The molecule has 2 aromatic rings. The molecule has 0 aliphatic carbocycles. The molecule has 0 aromatic carbocycles. The third-order valence-electron chi connectivity index (χ3n) is 6.77. The molecule has 4 rings (SSSR count). The zero-order valence-electron chi connectivity index (χ0n) is 19.0. The molecule has 2 aliphatic heterocycles. The van der Waals surface area contributed by atoms with E-state index >= 15 is 0 Å². The number of likely N-dealkylation sites (tertiary alicyclic amines) is 1. The molecule has 1 N–H and O–H groups in total. The average Bonchev–Trinajstić information content (AvgIpc) is 3.21. The normalized spacial score (nSPS) is 20.2. The van der Waals surface area contributed by atoms with E-state index in [0.29, 0.717) is 30.7 Å². The number of piperidine rings is 1. The highest BCUT2D eigenvalue weighted by Crippen LogP contribution is 2.32. The number of hydrogen-bond donors (Lipinski definition) is 1. The molecule has 2 unspecified atom stereocenters. The lowest BCUT2D eigenvalue weighted by atomic mass is 9.96. The summed E-state index contributed by atoms with van der Waals surface area (Å²) in [5.41, 5.74) is 2.66. The molecule has 8 nitrogen and oxygen atoms in total. The molecule has 4 heterocycles.